The normalized spacial score (nSPS) is 11.2. The molecule has 0 aliphatic heterocycles. The average molecular weight is 370 g/mol. The van der Waals surface area contributed by atoms with Crippen molar-refractivity contribution in [1.82, 2.24) is 9.55 Å². The maximum atomic E-state index is 13.2. The van der Waals surface area contributed by atoms with E-state index in [1.807, 2.05) is 32.9 Å². The summed E-state index contributed by atoms with van der Waals surface area (Å²) in [5.74, 6) is 0.533. The first-order valence-electron chi connectivity index (χ1n) is 8.39. The Bertz CT molecular complexity index is 1050. The molecule has 1 heterocycles. The molecule has 134 valence electrons. The van der Waals surface area contributed by atoms with Gasteiger partial charge in [-0.15, -0.1) is 0 Å². The number of carbonyl (C=O) groups is 1. The molecule has 1 amide bonds. The van der Waals surface area contributed by atoms with Gasteiger partial charge in [0.2, 0.25) is 5.91 Å². The van der Waals surface area contributed by atoms with Gasteiger partial charge in [0.05, 0.1) is 16.6 Å². The monoisotopic (exact) mass is 369 g/mol. The fourth-order valence-corrected chi connectivity index (χ4v) is 3.08. The smallest absolute Gasteiger partial charge is 0.265 e. The number of carbonyl (C=O) groups excluding carboxylic acids is 1. The summed E-state index contributed by atoms with van der Waals surface area (Å²) in [5.41, 5.74) is 2.63. The summed E-state index contributed by atoms with van der Waals surface area (Å²) >= 11 is 5.98. The van der Waals surface area contributed by atoms with E-state index < -0.39 is 0 Å². The molecule has 0 atom stereocenters. The van der Waals surface area contributed by atoms with E-state index in [2.05, 4.69) is 5.32 Å². The van der Waals surface area contributed by atoms with Crippen LogP contribution in [0.5, 0.6) is 0 Å². The highest BCUT2D eigenvalue weighted by Gasteiger charge is 2.17. The molecule has 0 saturated heterocycles. The number of amides is 1. The van der Waals surface area contributed by atoms with Crippen LogP contribution < -0.4 is 10.9 Å². The van der Waals surface area contributed by atoms with E-state index in [-0.39, 0.29) is 17.4 Å². The number of fused-ring (bicyclic) bond motifs is 1. The summed E-state index contributed by atoms with van der Waals surface area (Å²) in [6.45, 7) is 7.30. The lowest BCUT2D eigenvalue weighted by Crippen LogP contribution is -2.25. The number of rotatable bonds is 3. The van der Waals surface area contributed by atoms with Crippen LogP contribution in [0.3, 0.4) is 0 Å². The number of aryl methyl sites for hydroxylation is 1. The summed E-state index contributed by atoms with van der Waals surface area (Å²) in [7, 11) is 0. The summed E-state index contributed by atoms with van der Waals surface area (Å²) in [6.07, 6.45) is 0. The van der Waals surface area contributed by atoms with Gasteiger partial charge < -0.3 is 5.32 Å². The van der Waals surface area contributed by atoms with Gasteiger partial charge in [-0.2, -0.15) is 0 Å². The molecule has 0 bridgehead atoms. The minimum Gasteiger partial charge on any atom is -0.326 e. The molecular weight excluding hydrogens is 350 g/mol. The van der Waals surface area contributed by atoms with Crippen LogP contribution in [0.4, 0.5) is 5.69 Å². The van der Waals surface area contributed by atoms with E-state index >= 15 is 0 Å². The van der Waals surface area contributed by atoms with Crippen LogP contribution in [-0.2, 0) is 4.79 Å². The molecule has 1 N–H and O–H groups in total. The van der Waals surface area contributed by atoms with Gasteiger partial charge in [0.1, 0.15) is 5.82 Å². The Balaban J connectivity index is 2.35. The number of anilines is 1. The number of nitrogens with zero attached hydrogens (tertiary/aromatic N) is 2. The molecule has 0 fully saturated rings. The second-order valence-corrected chi connectivity index (χ2v) is 6.99. The highest BCUT2D eigenvalue weighted by Crippen LogP contribution is 2.25. The van der Waals surface area contributed by atoms with E-state index in [1.165, 1.54) is 6.92 Å². The van der Waals surface area contributed by atoms with Gasteiger partial charge in [-0.25, -0.2) is 4.98 Å². The first-order valence-corrected chi connectivity index (χ1v) is 8.77. The lowest BCUT2D eigenvalue weighted by atomic mass is 10.1. The van der Waals surface area contributed by atoms with E-state index in [4.69, 9.17) is 16.6 Å². The van der Waals surface area contributed by atoms with Gasteiger partial charge in [0.25, 0.3) is 5.56 Å². The molecule has 0 unspecified atom stereocenters. The minimum atomic E-state index is -0.161. The maximum absolute atomic E-state index is 13.2. The van der Waals surface area contributed by atoms with Crippen LogP contribution in [-0.4, -0.2) is 15.5 Å². The second-order valence-electron chi connectivity index (χ2n) is 6.56. The highest BCUT2D eigenvalue weighted by molar-refractivity contribution is 6.30. The zero-order valence-corrected chi connectivity index (χ0v) is 15.9. The van der Waals surface area contributed by atoms with Crippen LogP contribution >= 0.6 is 11.6 Å². The van der Waals surface area contributed by atoms with Crippen LogP contribution in [0, 0.1) is 6.92 Å². The van der Waals surface area contributed by atoms with Crippen molar-refractivity contribution in [2.24, 2.45) is 0 Å². The van der Waals surface area contributed by atoms with Crippen molar-refractivity contribution in [3.63, 3.8) is 0 Å². The molecule has 0 radical (unpaired) electrons. The Morgan fingerprint density at radius 3 is 2.38 bits per heavy atom. The third-order valence-corrected chi connectivity index (χ3v) is 4.48. The number of benzene rings is 2. The second kappa shape index (κ2) is 6.92. The van der Waals surface area contributed by atoms with Gasteiger partial charge in [0, 0.05) is 23.6 Å². The standard InChI is InChI=1S/C20H20ClN3O2/c1-11(2)19-23-18-12(3)17(22-13(4)25)10-9-16(18)20(26)24(19)15-7-5-14(21)6-8-15/h5-11H,1-4H3,(H,22,25). The predicted octanol–water partition coefficient (Wildman–Crippen LogP) is 4.43. The molecule has 3 aromatic rings. The van der Waals surface area contributed by atoms with Crippen molar-refractivity contribution in [3.8, 4) is 5.69 Å². The zero-order valence-electron chi connectivity index (χ0n) is 15.1. The Morgan fingerprint density at radius 1 is 1.15 bits per heavy atom. The highest BCUT2D eigenvalue weighted by atomic mass is 35.5. The molecule has 5 nitrogen and oxygen atoms in total. The van der Waals surface area contributed by atoms with E-state index in [0.717, 1.165) is 11.3 Å². The largest absolute Gasteiger partial charge is 0.326 e. The molecule has 6 heteroatoms. The first kappa shape index (κ1) is 18.1. The van der Waals surface area contributed by atoms with Gasteiger partial charge in [0.15, 0.2) is 0 Å². The summed E-state index contributed by atoms with van der Waals surface area (Å²) in [5, 5.41) is 3.90. The molecule has 0 aliphatic carbocycles. The van der Waals surface area contributed by atoms with Gasteiger partial charge in [-0.3, -0.25) is 14.2 Å². The predicted molar refractivity (Wildman–Crippen MR) is 105 cm³/mol. The molecule has 0 spiro atoms. The Hall–Kier alpha value is -2.66. The van der Waals surface area contributed by atoms with Crippen molar-refractivity contribution < 1.29 is 4.79 Å². The van der Waals surface area contributed by atoms with Gasteiger partial charge in [-0.1, -0.05) is 25.4 Å². The van der Waals surface area contributed by atoms with Crippen LogP contribution in [0.25, 0.3) is 16.6 Å². The SMILES string of the molecule is CC(=O)Nc1ccc2c(=O)n(-c3ccc(Cl)cc3)c(C(C)C)nc2c1C. The molecule has 2 aromatic carbocycles. The van der Waals surface area contributed by atoms with Crippen molar-refractivity contribution in [1.29, 1.82) is 0 Å². The van der Waals surface area contributed by atoms with E-state index in [0.29, 0.717) is 27.4 Å². The van der Waals surface area contributed by atoms with Crippen molar-refractivity contribution in [2.45, 2.75) is 33.6 Å². The molecule has 0 saturated carbocycles. The molecule has 0 aliphatic rings. The Labute approximate surface area is 156 Å². The summed E-state index contributed by atoms with van der Waals surface area (Å²) in [4.78, 5) is 29.4. The average Bonchev–Trinajstić information content (AvgIpc) is 2.58. The number of halogens is 1. The maximum Gasteiger partial charge on any atom is 0.265 e. The number of nitrogens with one attached hydrogen (secondary N) is 1. The number of hydrogen-bond donors (Lipinski definition) is 1. The first-order chi connectivity index (χ1) is 12.3. The summed E-state index contributed by atoms with van der Waals surface area (Å²) in [6, 6.07) is 10.6. The van der Waals surface area contributed by atoms with E-state index in [1.54, 1.807) is 28.8 Å². The summed E-state index contributed by atoms with van der Waals surface area (Å²) < 4.78 is 1.63. The lowest BCUT2D eigenvalue weighted by Gasteiger charge is -2.18. The Kier molecular flexibility index (Phi) is 4.83. The number of hydrogen-bond acceptors (Lipinski definition) is 3. The molecule has 1 aromatic heterocycles. The minimum absolute atomic E-state index is 0.0339. The third-order valence-electron chi connectivity index (χ3n) is 4.23. The van der Waals surface area contributed by atoms with Crippen LogP contribution in [0.1, 0.15) is 38.1 Å². The fraction of sp³-hybridized carbons (Fsp3) is 0.250. The molecule has 26 heavy (non-hydrogen) atoms. The zero-order chi connectivity index (χ0) is 19.0. The third kappa shape index (κ3) is 3.22. The van der Waals surface area contributed by atoms with Crippen molar-refractivity contribution in [2.75, 3.05) is 5.32 Å². The molecular formula is C20H20ClN3O2. The molecule has 3 rings (SSSR count). The quantitative estimate of drug-likeness (QED) is 0.742. The van der Waals surface area contributed by atoms with Crippen molar-refractivity contribution >= 4 is 34.1 Å². The Morgan fingerprint density at radius 2 is 1.81 bits per heavy atom. The van der Waals surface area contributed by atoms with Crippen LogP contribution in [0.2, 0.25) is 5.02 Å². The fourth-order valence-electron chi connectivity index (χ4n) is 2.96. The van der Waals surface area contributed by atoms with E-state index in [9.17, 15) is 9.59 Å². The lowest BCUT2D eigenvalue weighted by molar-refractivity contribution is -0.114. The van der Waals surface area contributed by atoms with Gasteiger partial charge >= 0.3 is 0 Å². The number of aromatic nitrogens is 2. The topological polar surface area (TPSA) is 64.0 Å². The van der Waals surface area contributed by atoms with Crippen molar-refractivity contribution in [3.05, 3.63) is 63.2 Å². The van der Waals surface area contributed by atoms with Gasteiger partial charge in [-0.05, 0) is 48.9 Å². The van der Waals surface area contributed by atoms with Crippen LogP contribution in [0.15, 0.2) is 41.2 Å².